The molecule has 2 heteroatoms. The molecule has 0 N–H and O–H groups in total. The minimum atomic E-state index is -0.288. The molecule has 0 nitrogen and oxygen atoms in total. The summed E-state index contributed by atoms with van der Waals surface area (Å²) in [7, 11) is 0. The van der Waals surface area contributed by atoms with Crippen LogP contribution in [0, 0.1) is 5.82 Å². The van der Waals surface area contributed by atoms with Crippen LogP contribution in [0.2, 0.25) is 5.02 Å². The second-order valence-corrected chi connectivity index (χ2v) is 6.17. The van der Waals surface area contributed by atoms with E-state index in [1.165, 1.54) is 33.7 Å². The molecule has 24 heavy (non-hydrogen) atoms. The van der Waals surface area contributed by atoms with Crippen LogP contribution >= 0.6 is 11.6 Å². The van der Waals surface area contributed by atoms with Gasteiger partial charge in [-0.15, -0.1) is 0 Å². The first-order valence-electron chi connectivity index (χ1n) is 7.75. The van der Waals surface area contributed by atoms with E-state index in [9.17, 15) is 4.39 Å². The summed E-state index contributed by atoms with van der Waals surface area (Å²) in [5.74, 6) is -0.288. The lowest BCUT2D eigenvalue weighted by Gasteiger charge is -2.05. The van der Waals surface area contributed by atoms with E-state index in [-0.39, 0.29) is 5.82 Å². The van der Waals surface area contributed by atoms with Gasteiger partial charge in [0.25, 0.3) is 0 Å². The van der Waals surface area contributed by atoms with Crippen LogP contribution in [0.15, 0.2) is 72.8 Å². The molecule has 4 aromatic rings. The quantitative estimate of drug-likeness (QED) is 0.275. The standard InChI is InChI=1S/C22H14ClF/c23-22-12-11-19(24)14-18(22)8-6-15-5-7-17-10-9-16-3-1-2-4-20(16)21(17)13-15/h1-14H/b8-6+. The van der Waals surface area contributed by atoms with Crippen molar-refractivity contribution in [2.75, 3.05) is 0 Å². The van der Waals surface area contributed by atoms with Gasteiger partial charge in [0.2, 0.25) is 0 Å². The van der Waals surface area contributed by atoms with Crippen LogP contribution in [0.1, 0.15) is 11.1 Å². The van der Waals surface area contributed by atoms with Crippen LogP contribution in [-0.4, -0.2) is 0 Å². The molecule has 0 radical (unpaired) electrons. The van der Waals surface area contributed by atoms with Crippen molar-refractivity contribution in [3.05, 3.63) is 94.8 Å². The highest BCUT2D eigenvalue weighted by Crippen LogP contribution is 2.27. The second-order valence-electron chi connectivity index (χ2n) is 5.77. The third-order valence-corrected chi connectivity index (χ3v) is 4.53. The van der Waals surface area contributed by atoms with Gasteiger partial charge in [-0.2, -0.15) is 0 Å². The summed E-state index contributed by atoms with van der Waals surface area (Å²) in [5, 5.41) is 5.41. The molecule has 0 saturated carbocycles. The Bertz CT molecular complexity index is 1080. The van der Waals surface area contributed by atoms with Crippen LogP contribution in [-0.2, 0) is 0 Å². The first-order valence-corrected chi connectivity index (χ1v) is 8.13. The van der Waals surface area contributed by atoms with Crippen molar-refractivity contribution in [3.63, 3.8) is 0 Å². The van der Waals surface area contributed by atoms with Crippen molar-refractivity contribution < 1.29 is 4.39 Å². The zero-order valence-corrected chi connectivity index (χ0v) is 13.6. The van der Waals surface area contributed by atoms with Gasteiger partial charge in [0.1, 0.15) is 5.82 Å². The SMILES string of the molecule is Fc1ccc(Cl)c(/C=C/c2ccc3ccc4ccccc4c3c2)c1. The molecule has 4 aromatic carbocycles. The third-order valence-electron chi connectivity index (χ3n) is 4.18. The topological polar surface area (TPSA) is 0 Å². The number of halogens is 2. The van der Waals surface area contributed by atoms with E-state index in [0.717, 1.165) is 5.56 Å². The van der Waals surface area contributed by atoms with E-state index in [2.05, 4.69) is 48.5 Å². The fourth-order valence-corrected chi connectivity index (χ4v) is 3.13. The van der Waals surface area contributed by atoms with Gasteiger partial charge in [-0.25, -0.2) is 4.39 Å². The Morgan fingerprint density at radius 2 is 1.46 bits per heavy atom. The summed E-state index contributed by atoms with van der Waals surface area (Å²) in [6.07, 6.45) is 3.81. The molecule has 0 fully saturated rings. The van der Waals surface area contributed by atoms with Crippen LogP contribution in [0.4, 0.5) is 4.39 Å². The Hall–Kier alpha value is -2.64. The maximum absolute atomic E-state index is 13.4. The van der Waals surface area contributed by atoms with Crippen LogP contribution in [0.3, 0.4) is 0 Å². The summed E-state index contributed by atoms with van der Waals surface area (Å²) < 4.78 is 13.4. The molecular formula is C22H14ClF. The summed E-state index contributed by atoms with van der Waals surface area (Å²) in [4.78, 5) is 0. The molecule has 0 unspecified atom stereocenters. The molecule has 0 bridgehead atoms. The summed E-state index contributed by atoms with van der Waals surface area (Å²) in [6.45, 7) is 0. The van der Waals surface area contributed by atoms with Crippen molar-refractivity contribution in [1.29, 1.82) is 0 Å². The minimum Gasteiger partial charge on any atom is -0.207 e. The number of rotatable bonds is 2. The zero-order valence-electron chi connectivity index (χ0n) is 12.8. The lowest BCUT2D eigenvalue weighted by molar-refractivity contribution is 0.627. The summed E-state index contributed by atoms with van der Waals surface area (Å²) in [5.41, 5.74) is 1.73. The molecule has 0 atom stereocenters. The molecule has 116 valence electrons. The van der Waals surface area contributed by atoms with Gasteiger partial charge in [-0.3, -0.25) is 0 Å². The van der Waals surface area contributed by atoms with Crippen molar-refractivity contribution in [2.45, 2.75) is 0 Å². The molecule has 0 spiro atoms. The van der Waals surface area contributed by atoms with Gasteiger partial charge >= 0.3 is 0 Å². The van der Waals surface area contributed by atoms with Crippen molar-refractivity contribution >= 4 is 45.3 Å². The number of benzene rings is 4. The van der Waals surface area contributed by atoms with Gasteiger partial charge in [0.15, 0.2) is 0 Å². The minimum absolute atomic E-state index is 0.288. The molecule has 0 saturated heterocycles. The normalized spacial score (nSPS) is 11.6. The summed E-state index contributed by atoms with van der Waals surface area (Å²) >= 11 is 6.12. The Morgan fingerprint density at radius 1 is 0.708 bits per heavy atom. The first kappa shape index (κ1) is 14.9. The van der Waals surface area contributed by atoms with Gasteiger partial charge in [-0.1, -0.05) is 72.3 Å². The van der Waals surface area contributed by atoms with Crippen molar-refractivity contribution in [1.82, 2.24) is 0 Å². The predicted octanol–water partition coefficient (Wildman–Crippen LogP) is 6.96. The van der Waals surface area contributed by atoms with Crippen LogP contribution < -0.4 is 0 Å². The molecule has 0 aliphatic carbocycles. The number of hydrogen-bond acceptors (Lipinski definition) is 0. The smallest absolute Gasteiger partial charge is 0.123 e. The fraction of sp³-hybridized carbons (Fsp3) is 0. The molecule has 0 aliphatic heterocycles. The largest absolute Gasteiger partial charge is 0.207 e. The molecular weight excluding hydrogens is 319 g/mol. The van der Waals surface area contributed by atoms with E-state index in [1.54, 1.807) is 6.07 Å². The van der Waals surface area contributed by atoms with E-state index >= 15 is 0 Å². The van der Waals surface area contributed by atoms with Gasteiger partial charge in [-0.05, 0) is 56.9 Å². The lowest BCUT2D eigenvalue weighted by atomic mass is 9.99. The number of hydrogen-bond donors (Lipinski definition) is 0. The zero-order chi connectivity index (χ0) is 16.5. The Balaban J connectivity index is 1.81. The second kappa shape index (κ2) is 6.10. The maximum atomic E-state index is 13.4. The molecule has 4 rings (SSSR count). The van der Waals surface area contributed by atoms with Crippen LogP contribution in [0.5, 0.6) is 0 Å². The monoisotopic (exact) mass is 332 g/mol. The molecule has 0 aliphatic rings. The molecule has 0 heterocycles. The van der Waals surface area contributed by atoms with Crippen molar-refractivity contribution in [2.24, 2.45) is 0 Å². The fourth-order valence-electron chi connectivity index (χ4n) is 2.95. The Kier molecular flexibility index (Phi) is 3.79. The average Bonchev–Trinajstić information content (AvgIpc) is 2.62. The highest BCUT2D eigenvalue weighted by atomic mass is 35.5. The molecule has 0 aromatic heterocycles. The van der Waals surface area contributed by atoms with E-state index in [4.69, 9.17) is 11.6 Å². The van der Waals surface area contributed by atoms with Gasteiger partial charge in [0, 0.05) is 5.02 Å². The Labute approximate surface area is 144 Å². The highest BCUT2D eigenvalue weighted by Gasteiger charge is 2.02. The van der Waals surface area contributed by atoms with E-state index in [0.29, 0.717) is 10.6 Å². The summed E-state index contributed by atoms with van der Waals surface area (Å²) in [6, 6.07) is 23.3. The van der Waals surface area contributed by atoms with Gasteiger partial charge < -0.3 is 0 Å². The van der Waals surface area contributed by atoms with Gasteiger partial charge in [0.05, 0.1) is 0 Å². The van der Waals surface area contributed by atoms with Crippen molar-refractivity contribution in [3.8, 4) is 0 Å². The predicted molar refractivity (Wildman–Crippen MR) is 102 cm³/mol. The highest BCUT2D eigenvalue weighted by molar-refractivity contribution is 6.32. The Morgan fingerprint density at radius 3 is 2.33 bits per heavy atom. The maximum Gasteiger partial charge on any atom is 0.123 e. The number of fused-ring (bicyclic) bond motifs is 3. The van der Waals surface area contributed by atoms with E-state index < -0.39 is 0 Å². The first-order chi connectivity index (χ1) is 11.7. The van der Waals surface area contributed by atoms with E-state index in [1.807, 2.05) is 18.2 Å². The van der Waals surface area contributed by atoms with Crippen LogP contribution in [0.25, 0.3) is 33.7 Å². The molecule has 0 amide bonds. The lowest BCUT2D eigenvalue weighted by Crippen LogP contribution is -1.81. The average molecular weight is 333 g/mol. The third kappa shape index (κ3) is 2.79.